The van der Waals surface area contributed by atoms with Crippen molar-refractivity contribution in [3.05, 3.63) is 59.6 Å². The van der Waals surface area contributed by atoms with Crippen molar-refractivity contribution in [1.82, 2.24) is 0 Å². The topological polar surface area (TPSA) is 63.4 Å². The average molecular weight is 256 g/mol. The molecule has 1 aliphatic heterocycles. The largest absolute Gasteiger partial charge is 0.351 e. The second-order valence-corrected chi connectivity index (χ2v) is 4.13. The Morgan fingerprint density at radius 1 is 1.21 bits per heavy atom. The smallest absolute Gasteiger partial charge is 0.323 e. The summed E-state index contributed by atoms with van der Waals surface area (Å²) in [6.45, 7) is 0. The molecule has 0 fully saturated rings. The number of Topliss-reactive ketones (excluding diaryl/α,β-unsaturated/α-hetero) is 1. The second-order valence-electron chi connectivity index (χ2n) is 4.13. The predicted molar refractivity (Wildman–Crippen MR) is 72.6 cm³/mol. The first kappa shape index (κ1) is 7.74. The van der Waals surface area contributed by atoms with Crippen LogP contribution < -0.4 is 10.6 Å². The van der Waals surface area contributed by atoms with Crippen molar-refractivity contribution in [2.24, 2.45) is 5.73 Å². The lowest BCUT2D eigenvalue weighted by atomic mass is 10.0. The molecule has 0 saturated carbocycles. The zero-order valence-corrected chi connectivity index (χ0v) is 9.86. The quantitative estimate of drug-likeness (QED) is 0.787. The Morgan fingerprint density at radius 3 is 2.74 bits per heavy atom. The molecule has 0 aromatic heterocycles. The number of fused-ring (bicyclic) bond motifs is 2. The van der Waals surface area contributed by atoms with Gasteiger partial charge in [0.1, 0.15) is 0 Å². The minimum Gasteiger partial charge on any atom is -0.351 e. The van der Waals surface area contributed by atoms with Crippen molar-refractivity contribution in [3.63, 3.8) is 0 Å². The standard InChI is InChI=1S/C15H12N2O2/c16-15(19)17-12-7-3-1-5-10(12)9-14(18)11-6-2-4-8-13(11)17/h1-8H,9H2,(H2,16,19)/i2D,4D,6D,8D. The van der Waals surface area contributed by atoms with E-state index >= 15 is 0 Å². The van der Waals surface area contributed by atoms with Crippen molar-refractivity contribution in [1.29, 1.82) is 0 Å². The van der Waals surface area contributed by atoms with Crippen LogP contribution in [0.15, 0.2) is 48.4 Å². The number of hydrogen-bond donors (Lipinski definition) is 1. The van der Waals surface area contributed by atoms with E-state index in [-0.39, 0.29) is 17.7 Å². The van der Waals surface area contributed by atoms with Crippen LogP contribution in [0, 0.1) is 0 Å². The number of anilines is 2. The van der Waals surface area contributed by atoms with Crippen LogP contribution in [0.1, 0.15) is 21.4 Å². The molecule has 2 aromatic carbocycles. The number of para-hydroxylation sites is 2. The van der Waals surface area contributed by atoms with E-state index in [0.29, 0.717) is 11.3 Å². The molecule has 4 nitrogen and oxygen atoms in total. The summed E-state index contributed by atoms with van der Waals surface area (Å²) in [5, 5.41) is 0. The molecule has 1 heterocycles. The Labute approximate surface area is 116 Å². The number of rotatable bonds is 0. The Morgan fingerprint density at radius 2 is 1.95 bits per heavy atom. The fourth-order valence-corrected chi connectivity index (χ4v) is 2.16. The Hall–Kier alpha value is -2.62. The summed E-state index contributed by atoms with van der Waals surface area (Å²) >= 11 is 0. The molecule has 94 valence electrons. The average Bonchev–Trinajstić information content (AvgIpc) is 2.64. The highest BCUT2D eigenvalue weighted by Crippen LogP contribution is 2.35. The molecule has 0 saturated heterocycles. The maximum absolute atomic E-state index is 12.5. The fourth-order valence-electron chi connectivity index (χ4n) is 2.16. The number of hydrogen-bond acceptors (Lipinski definition) is 2. The summed E-state index contributed by atoms with van der Waals surface area (Å²) in [5.41, 5.74) is 5.91. The fraction of sp³-hybridized carbons (Fsp3) is 0.0667. The molecule has 2 amide bonds. The van der Waals surface area contributed by atoms with Gasteiger partial charge in [0, 0.05) is 12.0 Å². The van der Waals surface area contributed by atoms with Gasteiger partial charge < -0.3 is 5.73 Å². The third-order valence-electron chi connectivity index (χ3n) is 2.97. The number of benzene rings is 2. The maximum atomic E-state index is 12.5. The molecule has 1 aliphatic rings. The monoisotopic (exact) mass is 256 g/mol. The normalized spacial score (nSPS) is 16.4. The summed E-state index contributed by atoms with van der Waals surface area (Å²) in [6, 6.07) is 3.72. The maximum Gasteiger partial charge on any atom is 0.323 e. The molecule has 0 spiro atoms. The highest BCUT2D eigenvalue weighted by molar-refractivity contribution is 6.11. The molecule has 2 N–H and O–H groups in total. The van der Waals surface area contributed by atoms with Crippen LogP contribution in [0.3, 0.4) is 0 Å². The number of nitrogens with two attached hydrogens (primary N) is 1. The number of carbonyl (C=O) groups is 2. The second kappa shape index (κ2) is 4.24. The molecule has 0 unspecified atom stereocenters. The first-order chi connectivity index (χ1) is 10.8. The lowest BCUT2D eigenvalue weighted by Gasteiger charge is -2.22. The van der Waals surface area contributed by atoms with E-state index in [1.807, 2.05) is 0 Å². The summed E-state index contributed by atoms with van der Waals surface area (Å²) in [6.07, 6.45) is -0.0743. The van der Waals surface area contributed by atoms with Gasteiger partial charge >= 0.3 is 6.03 Å². The number of carbonyl (C=O) groups excluding carboxylic acids is 2. The number of urea groups is 1. The number of ketones is 1. The summed E-state index contributed by atoms with van der Waals surface area (Å²) in [7, 11) is 0. The van der Waals surface area contributed by atoms with E-state index in [9.17, 15) is 9.59 Å². The van der Waals surface area contributed by atoms with E-state index in [1.165, 1.54) is 0 Å². The van der Waals surface area contributed by atoms with Gasteiger partial charge in [-0.05, 0) is 23.7 Å². The van der Waals surface area contributed by atoms with Gasteiger partial charge in [0.15, 0.2) is 5.78 Å². The van der Waals surface area contributed by atoms with Gasteiger partial charge in [0.05, 0.1) is 16.9 Å². The zero-order valence-electron chi connectivity index (χ0n) is 13.9. The molecule has 0 atom stereocenters. The van der Waals surface area contributed by atoms with Gasteiger partial charge in [-0.15, -0.1) is 0 Å². The number of amides is 2. The molecular formula is C15H12N2O2. The van der Waals surface area contributed by atoms with Crippen molar-refractivity contribution in [3.8, 4) is 0 Å². The predicted octanol–water partition coefficient (Wildman–Crippen LogP) is 2.64. The third-order valence-corrected chi connectivity index (χ3v) is 2.97. The number of nitrogens with zero attached hydrogens (tertiary/aromatic N) is 1. The van der Waals surface area contributed by atoms with Crippen LogP contribution in [0.2, 0.25) is 0 Å². The third kappa shape index (κ3) is 1.78. The summed E-state index contributed by atoms with van der Waals surface area (Å²) in [5.74, 6) is -0.483. The van der Waals surface area contributed by atoms with Crippen LogP contribution in [-0.4, -0.2) is 11.8 Å². The summed E-state index contributed by atoms with van der Waals surface area (Å²) in [4.78, 5) is 25.5. The molecule has 0 radical (unpaired) electrons. The van der Waals surface area contributed by atoms with Crippen LogP contribution in [0.5, 0.6) is 0 Å². The molecule has 0 bridgehead atoms. The first-order valence-electron chi connectivity index (χ1n) is 7.65. The first-order valence-corrected chi connectivity index (χ1v) is 5.65. The SMILES string of the molecule is [2H]c1c([2H])c([2H])c2c(c1[2H])C(=O)Cc1ccccc1N2C(N)=O. The van der Waals surface area contributed by atoms with Crippen LogP contribution in [0.25, 0.3) is 0 Å². The van der Waals surface area contributed by atoms with Crippen molar-refractivity contribution >= 4 is 23.2 Å². The van der Waals surface area contributed by atoms with Crippen molar-refractivity contribution in [2.45, 2.75) is 6.42 Å². The van der Waals surface area contributed by atoms with E-state index < -0.39 is 36.0 Å². The van der Waals surface area contributed by atoms with Gasteiger partial charge in [-0.3, -0.25) is 9.69 Å². The molecule has 3 rings (SSSR count). The highest BCUT2D eigenvalue weighted by Gasteiger charge is 2.27. The van der Waals surface area contributed by atoms with Gasteiger partial charge in [0.2, 0.25) is 0 Å². The lowest BCUT2D eigenvalue weighted by Crippen LogP contribution is -2.32. The molecule has 19 heavy (non-hydrogen) atoms. The minimum absolute atomic E-state index is 0.0743. The van der Waals surface area contributed by atoms with Crippen molar-refractivity contribution in [2.75, 3.05) is 4.90 Å². The van der Waals surface area contributed by atoms with Gasteiger partial charge in [0.25, 0.3) is 0 Å². The molecule has 2 aromatic rings. The minimum atomic E-state index is -0.918. The molecular weight excluding hydrogens is 240 g/mol. The van der Waals surface area contributed by atoms with E-state index in [4.69, 9.17) is 11.2 Å². The summed E-state index contributed by atoms with van der Waals surface area (Å²) < 4.78 is 31.6. The zero-order chi connectivity index (χ0) is 16.9. The van der Waals surface area contributed by atoms with E-state index in [1.54, 1.807) is 24.3 Å². The molecule has 4 heteroatoms. The van der Waals surface area contributed by atoms with E-state index in [2.05, 4.69) is 0 Å². The van der Waals surface area contributed by atoms with Gasteiger partial charge in [-0.2, -0.15) is 0 Å². The van der Waals surface area contributed by atoms with Crippen LogP contribution in [-0.2, 0) is 6.42 Å². The lowest BCUT2D eigenvalue weighted by molar-refractivity contribution is 0.0994. The van der Waals surface area contributed by atoms with Crippen molar-refractivity contribution < 1.29 is 15.1 Å². The van der Waals surface area contributed by atoms with Gasteiger partial charge in [-0.25, -0.2) is 4.79 Å². The Kier molecular flexibility index (Phi) is 1.73. The van der Waals surface area contributed by atoms with E-state index in [0.717, 1.165) is 4.90 Å². The Balaban J connectivity index is 2.47. The Bertz CT molecular complexity index is 867. The molecule has 0 aliphatic carbocycles. The number of primary amides is 1. The van der Waals surface area contributed by atoms with Crippen LogP contribution in [0.4, 0.5) is 16.2 Å². The van der Waals surface area contributed by atoms with Gasteiger partial charge in [-0.1, -0.05) is 30.3 Å². The highest BCUT2D eigenvalue weighted by atomic mass is 16.2. The van der Waals surface area contributed by atoms with Crippen LogP contribution >= 0.6 is 0 Å².